The standard InChI is InChI=1S/C26H26F6N4O3/c1-12(14-8-7-9-16(20(14)27)25(28,29)23(3,4)38)33-21-15-10-19-17(11-18(15)34-13(2)35-21)24(39-6,26(30,31)32)22(37)36(19)5/h7-12,38H,1-6H3,(H,33,34,35)/t12-,24+/m1/s1. The molecule has 39 heavy (non-hydrogen) atoms. The number of nitrogens with one attached hydrogen (secondary N) is 1. The first-order valence-corrected chi connectivity index (χ1v) is 11.8. The molecule has 0 fully saturated rings. The maximum absolute atomic E-state index is 15.3. The number of aliphatic hydroxyl groups is 1. The van der Waals surface area contributed by atoms with Crippen molar-refractivity contribution in [3.63, 3.8) is 0 Å². The Kier molecular flexibility index (Phi) is 6.63. The summed E-state index contributed by atoms with van der Waals surface area (Å²) in [6, 6.07) is 4.82. The van der Waals surface area contributed by atoms with Crippen molar-refractivity contribution in [3.8, 4) is 0 Å². The summed E-state index contributed by atoms with van der Waals surface area (Å²) < 4.78 is 92.1. The summed E-state index contributed by atoms with van der Waals surface area (Å²) in [5.41, 5.74) is -7.40. The third-order valence-corrected chi connectivity index (χ3v) is 6.93. The molecule has 13 heteroatoms. The first-order valence-electron chi connectivity index (χ1n) is 11.8. The molecule has 1 aromatic heterocycles. The minimum absolute atomic E-state index is 0.0486. The molecule has 1 aliphatic heterocycles. The van der Waals surface area contributed by atoms with Crippen molar-refractivity contribution in [1.29, 1.82) is 0 Å². The summed E-state index contributed by atoms with van der Waals surface area (Å²) in [5.74, 6) is -6.25. The number of carbonyl (C=O) groups is 1. The molecule has 0 saturated heterocycles. The van der Waals surface area contributed by atoms with Gasteiger partial charge in [0.2, 0.25) is 0 Å². The van der Waals surface area contributed by atoms with Gasteiger partial charge in [0.25, 0.3) is 11.5 Å². The molecular weight excluding hydrogens is 530 g/mol. The number of nitrogens with zero attached hydrogens (tertiary/aromatic N) is 3. The number of anilines is 2. The summed E-state index contributed by atoms with van der Waals surface area (Å²) >= 11 is 0. The number of aromatic nitrogens is 2. The van der Waals surface area contributed by atoms with Crippen LogP contribution in [0.3, 0.4) is 0 Å². The SMILES string of the molecule is CO[C@]1(C(F)(F)F)C(=O)N(C)c2cc3c(N[C@H](C)c4cccc(C(F)(F)C(C)(C)O)c4F)nc(C)nc3cc21. The minimum Gasteiger partial charge on any atom is -0.384 e. The van der Waals surface area contributed by atoms with Crippen molar-refractivity contribution in [3.05, 3.63) is 58.7 Å². The molecule has 0 bridgehead atoms. The van der Waals surface area contributed by atoms with Gasteiger partial charge in [-0.15, -0.1) is 0 Å². The zero-order valence-electron chi connectivity index (χ0n) is 21.8. The van der Waals surface area contributed by atoms with Crippen LogP contribution in [0, 0.1) is 12.7 Å². The van der Waals surface area contributed by atoms with Gasteiger partial charge in [0, 0.05) is 30.7 Å². The monoisotopic (exact) mass is 556 g/mol. The van der Waals surface area contributed by atoms with E-state index in [4.69, 9.17) is 4.74 Å². The maximum Gasteiger partial charge on any atom is 0.431 e. The van der Waals surface area contributed by atoms with Crippen molar-refractivity contribution in [1.82, 2.24) is 9.97 Å². The van der Waals surface area contributed by atoms with E-state index in [1.165, 1.54) is 39.1 Å². The van der Waals surface area contributed by atoms with Crippen molar-refractivity contribution in [2.45, 2.75) is 57.0 Å². The Balaban J connectivity index is 1.84. The van der Waals surface area contributed by atoms with E-state index in [1.807, 2.05) is 0 Å². The van der Waals surface area contributed by atoms with Crippen LogP contribution < -0.4 is 10.2 Å². The van der Waals surface area contributed by atoms with E-state index >= 15 is 4.39 Å². The van der Waals surface area contributed by atoms with Gasteiger partial charge in [0.15, 0.2) is 0 Å². The van der Waals surface area contributed by atoms with Crippen LogP contribution >= 0.6 is 0 Å². The highest BCUT2D eigenvalue weighted by atomic mass is 19.4. The summed E-state index contributed by atoms with van der Waals surface area (Å²) in [6.45, 7) is 4.70. The van der Waals surface area contributed by atoms with Gasteiger partial charge in [-0.2, -0.15) is 22.0 Å². The zero-order chi connectivity index (χ0) is 29.3. The number of benzene rings is 2. The molecule has 210 valence electrons. The summed E-state index contributed by atoms with van der Waals surface area (Å²) in [6.07, 6.45) is -5.07. The summed E-state index contributed by atoms with van der Waals surface area (Å²) in [5, 5.41) is 13.0. The van der Waals surface area contributed by atoms with Gasteiger partial charge < -0.3 is 20.1 Å². The molecule has 0 spiro atoms. The molecule has 7 nitrogen and oxygen atoms in total. The van der Waals surface area contributed by atoms with Crippen LogP contribution in [-0.4, -0.2) is 46.9 Å². The average molecular weight is 557 g/mol. The van der Waals surface area contributed by atoms with Gasteiger partial charge in [0.05, 0.1) is 22.8 Å². The first-order chi connectivity index (χ1) is 17.9. The van der Waals surface area contributed by atoms with Crippen LogP contribution in [0.5, 0.6) is 0 Å². The molecule has 0 saturated carbocycles. The number of alkyl halides is 5. The van der Waals surface area contributed by atoms with E-state index < -0.39 is 52.2 Å². The summed E-state index contributed by atoms with van der Waals surface area (Å²) in [7, 11) is 1.97. The Morgan fingerprint density at radius 3 is 2.33 bits per heavy atom. The highest BCUT2D eigenvalue weighted by Crippen LogP contribution is 2.52. The maximum atomic E-state index is 15.3. The number of hydrogen-bond donors (Lipinski definition) is 2. The lowest BCUT2D eigenvalue weighted by atomic mass is 9.91. The normalized spacial score (nSPS) is 19.0. The van der Waals surface area contributed by atoms with Gasteiger partial charge in [-0.3, -0.25) is 4.79 Å². The number of hydrogen-bond acceptors (Lipinski definition) is 6. The number of aryl methyl sites for hydroxylation is 1. The molecule has 2 N–H and O–H groups in total. The van der Waals surface area contributed by atoms with E-state index in [9.17, 15) is 31.9 Å². The molecule has 2 heterocycles. The first kappa shape index (κ1) is 28.6. The number of ether oxygens (including phenoxy) is 1. The number of halogens is 6. The number of carbonyl (C=O) groups excluding carboxylic acids is 1. The molecule has 3 aromatic rings. The van der Waals surface area contributed by atoms with Crippen LogP contribution in [0.2, 0.25) is 0 Å². The fourth-order valence-electron chi connectivity index (χ4n) is 4.74. The molecule has 4 rings (SSSR count). The molecular formula is C26H26F6N4O3. The van der Waals surface area contributed by atoms with Crippen molar-refractivity contribution in [2.24, 2.45) is 0 Å². The molecule has 2 atom stereocenters. The number of rotatable bonds is 6. The predicted octanol–water partition coefficient (Wildman–Crippen LogP) is 5.49. The molecule has 2 aromatic carbocycles. The lowest BCUT2D eigenvalue weighted by molar-refractivity contribution is -0.262. The third-order valence-electron chi connectivity index (χ3n) is 6.93. The largest absolute Gasteiger partial charge is 0.431 e. The topological polar surface area (TPSA) is 87.6 Å². The van der Waals surface area contributed by atoms with Gasteiger partial charge in [-0.05, 0) is 45.9 Å². The molecule has 0 radical (unpaired) electrons. The second kappa shape index (κ2) is 9.05. The number of methoxy groups -OCH3 is 1. The lowest BCUT2D eigenvalue weighted by Gasteiger charge is -2.30. The van der Waals surface area contributed by atoms with Crippen LogP contribution in [0.4, 0.5) is 37.8 Å². The van der Waals surface area contributed by atoms with Crippen LogP contribution in [0.1, 0.15) is 49.3 Å². The predicted molar refractivity (Wildman–Crippen MR) is 131 cm³/mol. The fraction of sp³-hybridized carbons (Fsp3) is 0.423. The Morgan fingerprint density at radius 2 is 1.77 bits per heavy atom. The zero-order valence-corrected chi connectivity index (χ0v) is 21.8. The number of likely N-dealkylation sites (N-methyl/N-ethyl adjacent to an activating group) is 1. The van der Waals surface area contributed by atoms with Gasteiger partial charge in [0.1, 0.15) is 23.1 Å². The van der Waals surface area contributed by atoms with E-state index in [0.29, 0.717) is 0 Å². The average Bonchev–Trinajstić information content (AvgIpc) is 3.03. The highest BCUT2D eigenvalue weighted by molar-refractivity contribution is 6.10. The Morgan fingerprint density at radius 1 is 1.13 bits per heavy atom. The third kappa shape index (κ3) is 4.18. The van der Waals surface area contributed by atoms with Crippen LogP contribution in [0.15, 0.2) is 30.3 Å². The van der Waals surface area contributed by atoms with E-state index in [2.05, 4.69) is 15.3 Å². The molecule has 1 aliphatic rings. The van der Waals surface area contributed by atoms with E-state index in [-0.39, 0.29) is 33.8 Å². The van der Waals surface area contributed by atoms with Gasteiger partial charge in [-0.1, -0.05) is 12.1 Å². The van der Waals surface area contributed by atoms with Crippen LogP contribution in [-0.2, 0) is 21.1 Å². The second-order valence-electron chi connectivity index (χ2n) is 9.96. The van der Waals surface area contributed by atoms with Crippen molar-refractivity contribution < 1.29 is 41.0 Å². The minimum atomic E-state index is -5.07. The second-order valence-corrected chi connectivity index (χ2v) is 9.96. The molecule has 0 unspecified atom stereocenters. The Hall–Kier alpha value is -3.45. The molecule has 0 aliphatic carbocycles. The van der Waals surface area contributed by atoms with E-state index in [0.717, 1.165) is 38.0 Å². The van der Waals surface area contributed by atoms with Crippen molar-refractivity contribution in [2.75, 3.05) is 24.4 Å². The smallest absolute Gasteiger partial charge is 0.384 e. The fourth-order valence-corrected chi connectivity index (χ4v) is 4.74. The number of fused-ring (bicyclic) bond motifs is 2. The van der Waals surface area contributed by atoms with Gasteiger partial charge in [-0.25, -0.2) is 14.4 Å². The summed E-state index contributed by atoms with van der Waals surface area (Å²) in [4.78, 5) is 22.1. The highest BCUT2D eigenvalue weighted by Gasteiger charge is 2.68. The van der Waals surface area contributed by atoms with Gasteiger partial charge >= 0.3 is 12.1 Å². The quantitative estimate of drug-likeness (QED) is 0.391. The Labute approximate surface area is 219 Å². The lowest BCUT2D eigenvalue weighted by Crippen LogP contribution is -2.51. The molecule has 1 amide bonds. The van der Waals surface area contributed by atoms with Crippen molar-refractivity contribution >= 4 is 28.3 Å². The van der Waals surface area contributed by atoms with E-state index in [1.54, 1.807) is 0 Å². The Bertz CT molecular complexity index is 1470. The van der Waals surface area contributed by atoms with Crippen LogP contribution in [0.25, 0.3) is 10.9 Å². The number of amides is 1.